The molecule has 0 saturated carbocycles. The number of hydrogen-bond donors (Lipinski definition) is 2. The zero-order valence-electron chi connectivity index (χ0n) is 13.8. The lowest BCUT2D eigenvalue weighted by molar-refractivity contribution is 0.0930. The van der Waals surface area contributed by atoms with E-state index in [2.05, 4.69) is 10.3 Å². The van der Waals surface area contributed by atoms with Gasteiger partial charge >= 0.3 is 0 Å². The highest BCUT2D eigenvalue weighted by atomic mass is 32.1. The molecule has 2 rings (SSSR count). The lowest BCUT2D eigenvalue weighted by atomic mass is 10.1. The first-order chi connectivity index (χ1) is 10.9. The number of ether oxygens (including phenoxy) is 1. The Labute approximate surface area is 140 Å². The number of thiazole rings is 1. The van der Waals surface area contributed by atoms with Gasteiger partial charge in [-0.3, -0.25) is 4.79 Å². The fourth-order valence-corrected chi connectivity index (χ4v) is 2.92. The molecule has 6 heteroatoms. The molecule has 0 saturated heterocycles. The minimum Gasteiger partial charge on any atom is -0.491 e. The molecule has 1 aromatic carbocycles. The zero-order valence-corrected chi connectivity index (χ0v) is 14.6. The summed E-state index contributed by atoms with van der Waals surface area (Å²) in [7, 11) is 0. The molecule has 1 aromatic heterocycles. The average Bonchev–Trinajstić information content (AvgIpc) is 2.96. The van der Waals surface area contributed by atoms with Crippen LogP contribution in [0.25, 0.3) is 0 Å². The first kappa shape index (κ1) is 17.4. The first-order valence-corrected chi connectivity index (χ1v) is 8.33. The lowest BCUT2D eigenvalue weighted by Crippen LogP contribution is -2.36. The summed E-state index contributed by atoms with van der Waals surface area (Å²) < 4.78 is 5.84. The Hall–Kier alpha value is -1.92. The summed E-state index contributed by atoms with van der Waals surface area (Å²) in [6, 6.07) is 5.85. The Morgan fingerprint density at radius 2 is 2.00 bits per heavy atom. The molecule has 1 amide bonds. The van der Waals surface area contributed by atoms with E-state index >= 15 is 0 Å². The fourth-order valence-electron chi connectivity index (χ4n) is 2.16. The number of nitrogens with one attached hydrogen (secondary N) is 1. The maximum absolute atomic E-state index is 12.2. The van der Waals surface area contributed by atoms with Gasteiger partial charge in [0.25, 0.3) is 5.91 Å². The van der Waals surface area contributed by atoms with E-state index in [-0.39, 0.29) is 11.9 Å². The van der Waals surface area contributed by atoms with Crippen LogP contribution in [0.15, 0.2) is 24.4 Å². The Kier molecular flexibility index (Phi) is 5.74. The van der Waals surface area contributed by atoms with Gasteiger partial charge in [-0.05, 0) is 38.8 Å². The highest BCUT2D eigenvalue weighted by Gasteiger charge is 2.16. The molecule has 124 valence electrons. The average molecular weight is 334 g/mol. The molecule has 2 atom stereocenters. The molecule has 0 bridgehead atoms. The number of amides is 1. The van der Waals surface area contributed by atoms with Crippen molar-refractivity contribution >= 4 is 17.2 Å². The van der Waals surface area contributed by atoms with E-state index in [9.17, 15) is 9.90 Å². The summed E-state index contributed by atoms with van der Waals surface area (Å²) in [5, 5.41) is 12.9. The molecule has 23 heavy (non-hydrogen) atoms. The van der Waals surface area contributed by atoms with Gasteiger partial charge in [0, 0.05) is 0 Å². The van der Waals surface area contributed by atoms with E-state index in [4.69, 9.17) is 4.74 Å². The molecular weight excluding hydrogens is 312 g/mol. The van der Waals surface area contributed by atoms with Crippen molar-refractivity contribution in [1.82, 2.24) is 10.3 Å². The molecule has 0 fully saturated rings. The molecule has 1 heterocycles. The summed E-state index contributed by atoms with van der Waals surface area (Å²) in [6.07, 6.45) is 0.826. The van der Waals surface area contributed by atoms with Gasteiger partial charge in [-0.25, -0.2) is 4.98 Å². The molecule has 0 aliphatic heterocycles. The number of aryl methyl sites for hydroxylation is 2. The quantitative estimate of drug-likeness (QED) is 0.852. The maximum atomic E-state index is 12.2. The number of rotatable bonds is 6. The second-order valence-corrected chi connectivity index (χ2v) is 6.71. The molecule has 2 aromatic rings. The first-order valence-electron chi connectivity index (χ1n) is 7.52. The van der Waals surface area contributed by atoms with Crippen molar-refractivity contribution in [3.8, 4) is 5.75 Å². The van der Waals surface area contributed by atoms with Gasteiger partial charge in [-0.2, -0.15) is 0 Å². The van der Waals surface area contributed by atoms with Crippen molar-refractivity contribution in [2.45, 2.75) is 39.8 Å². The summed E-state index contributed by atoms with van der Waals surface area (Å²) >= 11 is 1.20. The lowest BCUT2D eigenvalue weighted by Gasteiger charge is -2.17. The largest absolute Gasteiger partial charge is 0.491 e. The number of carbonyl (C=O) groups is 1. The van der Waals surface area contributed by atoms with Gasteiger partial charge < -0.3 is 15.2 Å². The van der Waals surface area contributed by atoms with Crippen molar-refractivity contribution < 1.29 is 14.6 Å². The third kappa shape index (κ3) is 4.53. The summed E-state index contributed by atoms with van der Waals surface area (Å²) in [6.45, 7) is 7.91. The molecule has 0 unspecified atom stereocenters. The Balaban J connectivity index is 1.91. The second-order valence-electron chi connectivity index (χ2n) is 5.65. The monoisotopic (exact) mass is 334 g/mol. The number of hydrogen-bond acceptors (Lipinski definition) is 5. The molecule has 0 radical (unpaired) electrons. The van der Waals surface area contributed by atoms with Crippen LogP contribution in [0.2, 0.25) is 0 Å². The maximum Gasteiger partial charge on any atom is 0.263 e. The van der Waals surface area contributed by atoms with Gasteiger partial charge in [-0.15, -0.1) is 11.3 Å². The number of aromatic nitrogens is 1. The predicted octanol–water partition coefficient (Wildman–Crippen LogP) is 3.01. The predicted molar refractivity (Wildman–Crippen MR) is 91.1 cm³/mol. The smallest absolute Gasteiger partial charge is 0.263 e. The Morgan fingerprint density at radius 1 is 1.35 bits per heavy atom. The normalized spacial score (nSPS) is 13.4. The topological polar surface area (TPSA) is 71.5 Å². The fraction of sp³-hybridized carbons (Fsp3) is 0.412. The van der Waals surface area contributed by atoms with Gasteiger partial charge in [0.05, 0.1) is 12.2 Å². The SMILES string of the molecule is Cc1cccc(C)c1OC[C@H](C)NC(=O)c1cnc([C@@H](C)O)s1. The van der Waals surface area contributed by atoms with E-state index in [1.54, 1.807) is 6.92 Å². The van der Waals surface area contributed by atoms with Crippen molar-refractivity contribution in [2.75, 3.05) is 6.61 Å². The van der Waals surface area contributed by atoms with Crippen LogP contribution < -0.4 is 10.1 Å². The van der Waals surface area contributed by atoms with Crippen LogP contribution in [-0.2, 0) is 0 Å². The summed E-state index contributed by atoms with van der Waals surface area (Å²) in [5.41, 5.74) is 2.15. The van der Waals surface area contributed by atoms with E-state index in [0.717, 1.165) is 16.9 Å². The van der Waals surface area contributed by atoms with Gasteiger partial charge in [0.15, 0.2) is 0 Å². The standard InChI is InChI=1S/C17H22N2O3S/c1-10-6-5-7-11(2)15(10)22-9-12(3)19-16(21)14-8-18-17(23-14)13(4)20/h5-8,12-13,20H,9H2,1-4H3,(H,19,21)/t12-,13+/m0/s1. The van der Waals surface area contributed by atoms with Crippen molar-refractivity contribution in [3.05, 3.63) is 45.4 Å². The van der Waals surface area contributed by atoms with Gasteiger partial charge in [0.1, 0.15) is 28.3 Å². The van der Waals surface area contributed by atoms with Gasteiger partial charge in [-0.1, -0.05) is 18.2 Å². The van der Waals surface area contributed by atoms with E-state index in [1.807, 2.05) is 39.0 Å². The molecule has 0 aliphatic rings. The van der Waals surface area contributed by atoms with Crippen LogP contribution >= 0.6 is 11.3 Å². The zero-order chi connectivity index (χ0) is 17.0. The van der Waals surface area contributed by atoms with Crippen LogP contribution in [0.3, 0.4) is 0 Å². The van der Waals surface area contributed by atoms with Crippen LogP contribution in [0, 0.1) is 13.8 Å². The number of benzene rings is 1. The third-order valence-corrected chi connectivity index (χ3v) is 4.54. The minimum absolute atomic E-state index is 0.140. The van der Waals surface area contributed by atoms with Crippen LogP contribution in [0.1, 0.15) is 45.8 Å². The third-order valence-electron chi connectivity index (χ3n) is 3.37. The molecule has 5 nitrogen and oxygen atoms in total. The number of carbonyl (C=O) groups excluding carboxylic acids is 1. The number of para-hydroxylation sites is 1. The van der Waals surface area contributed by atoms with Crippen molar-refractivity contribution in [3.63, 3.8) is 0 Å². The Bertz CT molecular complexity index is 662. The van der Waals surface area contributed by atoms with Crippen molar-refractivity contribution in [1.29, 1.82) is 0 Å². The van der Waals surface area contributed by atoms with Crippen LogP contribution in [0.5, 0.6) is 5.75 Å². The molecule has 0 aliphatic carbocycles. The number of nitrogens with zero attached hydrogens (tertiary/aromatic N) is 1. The highest BCUT2D eigenvalue weighted by molar-refractivity contribution is 7.13. The number of aliphatic hydroxyl groups is 1. The van der Waals surface area contributed by atoms with E-state index < -0.39 is 6.10 Å². The van der Waals surface area contributed by atoms with Crippen molar-refractivity contribution in [2.24, 2.45) is 0 Å². The number of aliphatic hydroxyl groups excluding tert-OH is 1. The highest BCUT2D eigenvalue weighted by Crippen LogP contribution is 2.22. The Morgan fingerprint density at radius 3 is 2.57 bits per heavy atom. The van der Waals surface area contributed by atoms with E-state index in [0.29, 0.717) is 16.5 Å². The molecule has 2 N–H and O–H groups in total. The van der Waals surface area contributed by atoms with Crippen LogP contribution in [-0.4, -0.2) is 28.6 Å². The van der Waals surface area contributed by atoms with Gasteiger partial charge in [0.2, 0.25) is 0 Å². The van der Waals surface area contributed by atoms with E-state index in [1.165, 1.54) is 17.5 Å². The minimum atomic E-state index is -0.661. The summed E-state index contributed by atoms with van der Waals surface area (Å²) in [5.74, 6) is 0.662. The van der Waals surface area contributed by atoms with Crippen LogP contribution in [0.4, 0.5) is 0 Å². The second kappa shape index (κ2) is 7.57. The summed E-state index contributed by atoms with van der Waals surface area (Å²) in [4.78, 5) is 16.7. The molecule has 0 spiro atoms. The molecular formula is C17H22N2O3S.